The molecule has 24 heavy (non-hydrogen) atoms. The Hall–Kier alpha value is -2.24. The maximum absolute atomic E-state index is 13.0. The van der Waals surface area contributed by atoms with Gasteiger partial charge in [-0.3, -0.25) is 9.69 Å². The minimum absolute atomic E-state index is 0.120. The van der Waals surface area contributed by atoms with Crippen molar-refractivity contribution in [3.63, 3.8) is 0 Å². The van der Waals surface area contributed by atoms with Gasteiger partial charge < -0.3 is 4.74 Å². The van der Waals surface area contributed by atoms with Crippen molar-refractivity contribution in [1.82, 2.24) is 4.90 Å². The quantitative estimate of drug-likeness (QED) is 0.762. The molecule has 0 bridgehead atoms. The molecule has 0 N–H and O–H groups in total. The predicted octanol–water partition coefficient (Wildman–Crippen LogP) is 4.32. The van der Waals surface area contributed by atoms with Crippen LogP contribution in [0.3, 0.4) is 0 Å². The fourth-order valence-electron chi connectivity index (χ4n) is 2.29. The van der Waals surface area contributed by atoms with E-state index in [9.17, 15) is 9.18 Å². The van der Waals surface area contributed by atoms with Gasteiger partial charge in [0.25, 0.3) is 11.1 Å². The lowest BCUT2D eigenvalue weighted by atomic mass is 10.1. The third-order valence-electron chi connectivity index (χ3n) is 3.54. The van der Waals surface area contributed by atoms with Gasteiger partial charge in [-0.25, -0.2) is 4.39 Å². The Kier molecular flexibility index (Phi) is 4.92. The van der Waals surface area contributed by atoms with E-state index in [-0.39, 0.29) is 17.2 Å². The number of amides is 1. The first-order chi connectivity index (χ1) is 11.5. The summed E-state index contributed by atoms with van der Waals surface area (Å²) in [4.78, 5) is 13.8. The Morgan fingerprint density at radius 1 is 1.21 bits per heavy atom. The molecule has 1 aliphatic heterocycles. The SMILES string of the molecule is O=C(c1ccc(F)cc1)N1CC(/C=C/c2ccc(Cl)cc2)OC1=S. The second kappa shape index (κ2) is 7.11. The van der Waals surface area contributed by atoms with Crippen molar-refractivity contribution in [2.24, 2.45) is 0 Å². The van der Waals surface area contributed by atoms with Gasteiger partial charge in [0.2, 0.25) is 0 Å². The van der Waals surface area contributed by atoms with E-state index >= 15 is 0 Å². The summed E-state index contributed by atoms with van der Waals surface area (Å²) in [6, 6.07) is 12.7. The zero-order valence-electron chi connectivity index (χ0n) is 12.5. The second-order valence-corrected chi connectivity index (χ2v) is 6.04. The molecule has 0 aromatic heterocycles. The molecule has 3 rings (SSSR count). The minimum Gasteiger partial charge on any atom is -0.461 e. The van der Waals surface area contributed by atoms with Crippen LogP contribution in [0.5, 0.6) is 0 Å². The molecule has 1 aliphatic rings. The summed E-state index contributed by atoms with van der Waals surface area (Å²) in [5.41, 5.74) is 1.34. The monoisotopic (exact) mass is 361 g/mol. The highest BCUT2D eigenvalue weighted by Gasteiger charge is 2.31. The summed E-state index contributed by atoms with van der Waals surface area (Å²) >= 11 is 11.0. The molecular formula is C18H13ClFNO2S. The lowest BCUT2D eigenvalue weighted by Gasteiger charge is -2.12. The number of halogens is 2. The van der Waals surface area contributed by atoms with Crippen molar-refractivity contribution in [1.29, 1.82) is 0 Å². The van der Waals surface area contributed by atoms with Crippen molar-refractivity contribution in [2.75, 3.05) is 6.54 Å². The molecule has 122 valence electrons. The molecule has 3 nitrogen and oxygen atoms in total. The maximum atomic E-state index is 13.0. The number of hydrogen-bond donors (Lipinski definition) is 0. The van der Waals surface area contributed by atoms with Crippen LogP contribution in [0, 0.1) is 5.82 Å². The van der Waals surface area contributed by atoms with Gasteiger partial charge in [-0.15, -0.1) is 0 Å². The number of carbonyl (C=O) groups is 1. The molecule has 1 amide bonds. The summed E-state index contributed by atoms with van der Waals surface area (Å²) in [5, 5.41) is 0.789. The van der Waals surface area contributed by atoms with Gasteiger partial charge >= 0.3 is 0 Å². The molecule has 1 atom stereocenters. The first kappa shape index (κ1) is 16.6. The number of nitrogens with zero attached hydrogens (tertiary/aromatic N) is 1. The highest BCUT2D eigenvalue weighted by molar-refractivity contribution is 7.80. The Labute approximate surface area is 149 Å². The van der Waals surface area contributed by atoms with E-state index in [2.05, 4.69) is 0 Å². The third-order valence-corrected chi connectivity index (χ3v) is 4.11. The molecule has 1 fully saturated rings. The minimum atomic E-state index is -0.393. The Morgan fingerprint density at radius 2 is 1.88 bits per heavy atom. The molecule has 2 aromatic rings. The van der Waals surface area contributed by atoms with Crippen LogP contribution < -0.4 is 0 Å². The first-order valence-electron chi connectivity index (χ1n) is 7.25. The van der Waals surface area contributed by atoms with E-state index in [1.807, 2.05) is 24.3 Å². The van der Waals surface area contributed by atoms with Crippen LogP contribution in [0.15, 0.2) is 54.6 Å². The fraction of sp³-hybridized carbons (Fsp3) is 0.111. The van der Waals surface area contributed by atoms with Gasteiger partial charge in [-0.2, -0.15) is 0 Å². The molecule has 0 saturated carbocycles. The zero-order chi connectivity index (χ0) is 17.1. The van der Waals surface area contributed by atoms with Crippen molar-refractivity contribution in [3.8, 4) is 0 Å². The molecular weight excluding hydrogens is 349 g/mol. The van der Waals surface area contributed by atoms with Gasteiger partial charge in [-0.1, -0.05) is 29.8 Å². The van der Waals surface area contributed by atoms with Crippen LogP contribution >= 0.6 is 23.8 Å². The van der Waals surface area contributed by atoms with Gasteiger partial charge in [0, 0.05) is 10.6 Å². The normalized spacial score (nSPS) is 17.3. The number of thiocarbonyl (C=S) groups is 1. The average molecular weight is 362 g/mol. The predicted molar refractivity (Wildman–Crippen MR) is 95.4 cm³/mol. The van der Waals surface area contributed by atoms with Gasteiger partial charge in [-0.05, 0) is 60.3 Å². The zero-order valence-corrected chi connectivity index (χ0v) is 14.1. The smallest absolute Gasteiger partial charge is 0.267 e. The molecule has 0 aliphatic carbocycles. The van der Waals surface area contributed by atoms with E-state index in [1.165, 1.54) is 29.2 Å². The van der Waals surface area contributed by atoms with Crippen molar-refractivity contribution in [2.45, 2.75) is 6.10 Å². The van der Waals surface area contributed by atoms with Gasteiger partial charge in [0.15, 0.2) is 0 Å². The van der Waals surface area contributed by atoms with E-state index in [4.69, 9.17) is 28.6 Å². The molecule has 0 spiro atoms. The molecule has 2 aromatic carbocycles. The molecule has 1 unspecified atom stereocenters. The number of carbonyl (C=O) groups excluding carboxylic acids is 1. The molecule has 1 saturated heterocycles. The second-order valence-electron chi connectivity index (χ2n) is 5.26. The number of ether oxygens (including phenoxy) is 1. The van der Waals surface area contributed by atoms with E-state index in [0.717, 1.165) is 5.56 Å². The molecule has 0 radical (unpaired) electrons. The van der Waals surface area contributed by atoms with Crippen molar-refractivity contribution >= 4 is 41.0 Å². The van der Waals surface area contributed by atoms with Crippen LogP contribution in [-0.2, 0) is 4.74 Å². The Balaban J connectivity index is 1.68. The fourth-order valence-corrected chi connectivity index (χ4v) is 2.70. The lowest BCUT2D eigenvalue weighted by Crippen LogP contribution is -2.32. The lowest BCUT2D eigenvalue weighted by molar-refractivity contribution is 0.0858. The van der Waals surface area contributed by atoms with Gasteiger partial charge in [0.05, 0.1) is 6.54 Å². The molecule has 1 heterocycles. The summed E-state index contributed by atoms with van der Waals surface area (Å²) in [7, 11) is 0. The number of hydrogen-bond acceptors (Lipinski definition) is 3. The highest BCUT2D eigenvalue weighted by atomic mass is 35.5. The van der Waals surface area contributed by atoms with E-state index in [1.54, 1.807) is 12.1 Å². The first-order valence-corrected chi connectivity index (χ1v) is 8.03. The summed E-state index contributed by atoms with van der Waals surface area (Å²) in [6.07, 6.45) is 3.40. The Morgan fingerprint density at radius 3 is 2.54 bits per heavy atom. The summed E-state index contributed by atoms with van der Waals surface area (Å²) in [5.74, 6) is -0.696. The standard InChI is InChI=1S/C18H13ClFNO2S/c19-14-6-1-12(2-7-14)3-10-16-11-21(18(24)23-16)17(22)13-4-8-15(20)9-5-13/h1-10,16H,11H2/b10-3+. The number of benzene rings is 2. The van der Waals surface area contributed by atoms with Crippen LogP contribution in [0.2, 0.25) is 5.02 Å². The third kappa shape index (κ3) is 3.80. The van der Waals surface area contributed by atoms with Crippen molar-refractivity contribution in [3.05, 3.63) is 76.6 Å². The highest BCUT2D eigenvalue weighted by Crippen LogP contribution is 2.18. The van der Waals surface area contributed by atoms with Crippen LogP contribution in [0.1, 0.15) is 15.9 Å². The molecule has 6 heteroatoms. The van der Waals surface area contributed by atoms with Crippen LogP contribution in [0.25, 0.3) is 6.08 Å². The van der Waals surface area contributed by atoms with E-state index < -0.39 is 5.82 Å². The van der Waals surface area contributed by atoms with Crippen LogP contribution in [-0.4, -0.2) is 28.6 Å². The van der Waals surface area contributed by atoms with E-state index in [0.29, 0.717) is 17.1 Å². The van der Waals surface area contributed by atoms with Gasteiger partial charge in [0.1, 0.15) is 11.9 Å². The summed E-state index contributed by atoms with van der Waals surface area (Å²) < 4.78 is 18.5. The van der Waals surface area contributed by atoms with Crippen molar-refractivity contribution < 1.29 is 13.9 Å². The topological polar surface area (TPSA) is 29.5 Å². The Bertz CT molecular complexity index is 790. The average Bonchev–Trinajstić information content (AvgIpc) is 2.95. The maximum Gasteiger partial charge on any atom is 0.267 e. The summed E-state index contributed by atoms with van der Waals surface area (Å²) in [6.45, 7) is 0.319. The largest absolute Gasteiger partial charge is 0.461 e. The van der Waals surface area contributed by atoms with Crippen LogP contribution in [0.4, 0.5) is 4.39 Å². The number of rotatable bonds is 3.